The summed E-state index contributed by atoms with van der Waals surface area (Å²) in [6, 6.07) is 6.84. The first-order chi connectivity index (χ1) is 9.92. The fraction of sp³-hybridized carbons (Fsp3) is 0.267. The first-order valence-corrected chi connectivity index (χ1v) is 7.13. The molecule has 0 aliphatic rings. The summed E-state index contributed by atoms with van der Waals surface area (Å²) in [6.45, 7) is 3.51. The molecule has 1 heterocycles. The van der Waals surface area contributed by atoms with E-state index < -0.39 is 5.69 Å². The van der Waals surface area contributed by atoms with Gasteiger partial charge < -0.3 is 4.74 Å². The van der Waals surface area contributed by atoms with Gasteiger partial charge in [-0.05, 0) is 54.0 Å². The first-order valence-electron chi connectivity index (χ1n) is 6.34. The van der Waals surface area contributed by atoms with Crippen molar-refractivity contribution in [2.75, 3.05) is 7.11 Å². The molecule has 0 N–H and O–H groups in total. The molecule has 21 heavy (non-hydrogen) atoms. The van der Waals surface area contributed by atoms with Crippen LogP contribution in [0.3, 0.4) is 0 Å². The van der Waals surface area contributed by atoms with Crippen molar-refractivity contribution in [2.45, 2.75) is 20.4 Å². The van der Waals surface area contributed by atoms with Gasteiger partial charge in [-0.25, -0.2) is 4.79 Å². The van der Waals surface area contributed by atoms with Gasteiger partial charge in [0.05, 0.1) is 18.1 Å². The SMILES string of the molecule is COc1ccc(C(=O)Cn2c(C)cc(C)nc2=O)cc1Br. The van der Waals surface area contributed by atoms with Crippen molar-refractivity contribution in [2.24, 2.45) is 0 Å². The zero-order chi connectivity index (χ0) is 15.6. The molecular weight excluding hydrogens is 336 g/mol. The predicted octanol–water partition coefficient (Wildman–Crippen LogP) is 2.51. The van der Waals surface area contributed by atoms with E-state index in [0.29, 0.717) is 27.2 Å². The molecule has 0 fully saturated rings. The van der Waals surface area contributed by atoms with E-state index in [1.807, 2.05) is 0 Å². The van der Waals surface area contributed by atoms with Crippen molar-refractivity contribution in [3.8, 4) is 5.75 Å². The van der Waals surface area contributed by atoms with E-state index in [4.69, 9.17) is 4.74 Å². The fourth-order valence-electron chi connectivity index (χ4n) is 2.04. The molecule has 110 valence electrons. The maximum atomic E-state index is 12.3. The first kappa shape index (κ1) is 15.4. The zero-order valence-electron chi connectivity index (χ0n) is 12.0. The van der Waals surface area contributed by atoms with Gasteiger partial charge in [0.2, 0.25) is 0 Å². The monoisotopic (exact) mass is 350 g/mol. The number of nitrogens with zero attached hydrogens (tertiary/aromatic N) is 2. The third kappa shape index (κ3) is 3.39. The summed E-state index contributed by atoms with van der Waals surface area (Å²) in [5.74, 6) is 0.492. The molecule has 0 unspecified atom stereocenters. The topological polar surface area (TPSA) is 61.2 Å². The lowest BCUT2D eigenvalue weighted by Gasteiger charge is -2.10. The number of Topliss-reactive ketones (excluding diaryl/α,β-unsaturated/α-hetero) is 1. The predicted molar refractivity (Wildman–Crippen MR) is 83.0 cm³/mol. The van der Waals surface area contributed by atoms with E-state index in [-0.39, 0.29) is 12.3 Å². The Hall–Kier alpha value is -1.95. The van der Waals surface area contributed by atoms with E-state index in [1.165, 1.54) is 4.57 Å². The van der Waals surface area contributed by atoms with Gasteiger partial charge in [0, 0.05) is 17.0 Å². The molecule has 5 nitrogen and oxygen atoms in total. The number of hydrogen-bond donors (Lipinski definition) is 0. The molecule has 1 aromatic carbocycles. The maximum absolute atomic E-state index is 12.3. The van der Waals surface area contributed by atoms with Crippen LogP contribution in [0.25, 0.3) is 0 Å². The fourth-order valence-corrected chi connectivity index (χ4v) is 2.58. The Morgan fingerprint density at radius 2 is 2.05 bits per heavy atom. The minimum Gasteiger partial charge on any atom is -0.496 e. The Kier molecular flexibility index (Phi) is 4.57. The number of carbonyl (C=O) groups excluding carboxylic acids is 1. The van der Waals surface area contributed by atoms with Gasteiger partial charge in [-0.3, -0.25) is 9.36 Å². The molecule has 6 heteroatoms. The van der Waals surface area contributed by atoms with E-state index in [0.717, 1.165) is 0 Å². The number of benzene rings is 1. The van der Waals surface area contributed by atoms with Gasteiger partial charge in [0.15, 0.2) is 5.78 Å². The number of aryl methyl sites for hydroxylation is 2. The van der Waals surface area contributed by atoms with E-state index in [1.54, 1.807) is 45.2 Å². The minimum atomic E-state index is -0.409. The van der Waals surface area contributed by atoms with Crippen LogP contribution in [0, 0.1) is 13.8 Å². The summed E-state index contributed by atoms with van der Waals surface area (Å²) in [6.07, 6.45) is 0. The smallest absolute Gasteiger partial charge is 0.348 e. The van der Waals surface area contributed by atoms with Crippen molar-refractivity contribution < 1.29 is 9.53 Å². The van der Waals surface area contributed by atoms with Gasteiger partial charge in [-0.2, -0.15) is 4.98 Å². The number of ether oxygens (including phenoxy) is 1. The van der Waals surface area contributed by atoms with Gasteiger partial charge in [-0.1, -0.05) is 0 Å². The van der Waals surface area contributed by atoms with Crippen LogP contribution >= 0.6 is 15.9 Å². The van der Waals surface area contributed by atoms with Crippen LogP contribution in [-0.4, -0.2) is 22.4 Å². The Morgan fingerprint density at radius 3 is 2.62 bits per heavy atom. The summed E-state index contributed by atoms with van der Waals surface area (Å²) >= 11 is 3.34. The number of carbonyl (C=O) groups is 1. The third-order valence-electron chi connectivity index (χ3n) is 3.12. The number of hydrogen-bond acceptors (Lipinski definition) is 4. The third-order valence-corrected chi connectivity index (χ3v) is 3.74. The molecule has 0 amide bonds. The molecule has 0 radical (unpaired) electrons. The highest BCUT2D eigenvalue weighted by atomic mass is 79.9. The molecule has 2 rings (SSSR count). The molecule has 2 aromatic rings. The molecule has 0 saturated heterocycles. The largest absolute Gasteiger partial charge is 0.496 e. The number of aromatic nitrogens is 2. The van der Waals surface area contributed by atoms with Crippen molar-refractivity contribution in [1.82, 2.24) is 9.55 Å². The number of rotatable bonds is 4. The van der Waals surface area contributed by atoms with Crippen molar-refractivity contribution in [3.63, 3.8) is 0 Å². The average molecular weight is 351 g/mol. The second-order valence-electron chi connectivity index (χ2n) is 4.68. The molecular formula is C15H15BrN2O3. The normalized spacial score (nSPS) is 10.5. The maximum Gasteiger partial charge on any atom is 0.348 e. The quantitative estimate of drug-likeness (QED) is 0.795. The highest BCUT2D eigenvalue weighted by molar-refractivity contribution is 9.10. The Bertz CT molecular complexity index is 753. The van der Waals surface area contributed by atoms with E-state index in [9.17, 15) is 9.59 Å². The summed E-state index contributed by atoms with van der Waals surface area (Å²) in [7, 11) is 1.56. The molecule has 0 bridgehead atoms. The zero-order valence-corrected chi connectivity index (χ0v) is 13.6. The van der Waals surface area contributed by atoms with Gasteiger partial charge in [0.25, 0.3) is 0 Å². The number of ketones is 1. The Labute approximate surface area is 130 Å². The van der Waals surface area contributed by atoms with Crippen LogP contribution in [0.1, 0.15) is 21.7 Å². The van der Waals surface area contributed by atoms with Gasteiger partial charge >= 0.3 is 5.69 Å². The molecule has 1 aromatic heterocycles. The molecule has 0 aliphatic carbocycles. The second-order valence-corrected chi connectivity index (χ2v) is 5.53. The van der Waals surface area contributed by atoms with Crippen LogP contribution in [-0.2, 0) is 6.54 Å². The standard InChI is InChI=1S/C15H15BrN2O3/c1-9-6-10(2)18(15(20)17-9)8-13(19)11-4-5-14(21-3)12(16)7-11/h4-7H,8H2,1-3H3. The molecule has 0 spiro atoms. The van der Waals surface area contributed by atoms with Crippen LogP contribution < -0.4 is 10.4 Å². The molecule has 0 saturated carbocycles. The van der Waals surface area contributed by atoms with Crippen LogP contribution in [0.15, 0.2) is 33.5 Å². The number of halogens is 1. The lowest BCUT2D eigenvalue weighted by Crippen LogP contribution is -2.28. The summed E-state index contributed by atoms with van der Waals surface area (Å²) < 4.78 is 7.19. The summed E-state index contributed by atoms with van der Waals surface area (Å²) in [5, 5.41) is 0. The highest BCUT2D eigenvalue weighted by Gasteiger charge is 2.12. The highest BCUT2D eigenvalue weighted by Crippen LogP contribution is 2.25. The lowest BCUT2D eigenvalue weighted by molar-refractivity contribution is 0.0969. The second kappa shape index (κ2) is 6.22. The van der Waals surface area contributed by atoms with E-state index >= 15 is 0 Å². The summed E-state index contributed by atoms with van der Waals surface area (Å²) in [5.41, 5.74) is 1.46. The van der Waals surface area contributed by atoms with Crippen LogP contribution in [0.2, 0.25) is 0 Å². The van der Waals surface area contributed by atoms with Crippen molar-refractivity contribution in [3.05, 3.63) is 56.2 Å². The average Bonchev–Trinajstić information content (AvgIpc) is 2.42. The van der Waals surface area contributed by atoms with Crippen molar-refractivity contribution >= 4 is 21.7 Å². The minimum absolute atomic E-state index is 0.0310. The number of methoxy groups -OCH3 is 1. The lowest BCUT2D eigenvalue weighted by atomic mass is 10.1. The van der Waals surface area contributed by atoms with Crippen LogP contribution in [0.4, 0.5) is 0 Å². The van der Waals surface area contributed by atoms with Crippen molar-refractivity contribution in [1.29, 1.82) is 0 Å². The van der Waals surface area contributed by atoms with Gasteiger partial charge in [-0.15, -0.1) is 0 Å². The molecule has 0 atom stereocenters. The Balaban J connectivity index is 2.30. The van der Waals surface area contributed by atoms with Gasteiger partial charge in [0.1, 0.15) is 5.75 Å². The Morgan fingerprint density at radius 1 is 1.33 bits per heavy atom. The van der Waals surface area contributed by atoms with E-state index in [2.05, 4.69) is 20.9 Å². The van der Waals surface area contributed by atoms with Crippen LogP contribution in [0.5, 0.6) is 5.75 Å². The summed E-state index contributed by atoms with van der Waals surface area (Å²) in [4.78, 5) is 28.0. The molecule has 0 aliphatic heterocycles.